The third kappa shape index (κ3) is 4.45. The number of aromatic amines is 1. The van der Waals surface area contributed by atoms with Gasteiger partial charge in [0.2, 0.25) is 5.16 Å². The Bertz CT molecular complexity index is 563. The topological polar surface area (TPSA) is 54.5 Å². The van der Waals surface area contributed by atoms with Gasteiger partial charge in [-0.2, -0.15) is 0 Å². The van der Waals surface area contributed by atoms with Crippen molar-refractivity contribution in [1.82, 2.24) is 20.2 Å². The van der Waals surface area contributed by atoms with Crippen LogP contribution in [0.25, 0.3) is 0 Å². The molecular weight excluding hydrogens is 304 g/mol. The van der Waals surface area contributed by atoms with Crippen molar-refractivity contribution in [1.29, 1.82) is 0 Å². The van der Waals surface area contributed by atoms with Gasteiger partial charge in [0.05, 0.1) is 0 Å². The number of aromatic nitrogens is 4. The molecule has 1 aliphatic carbocycles. The third-order valence-electron chi connectivity index (χ3n) is 3.93. The van der Waals surface area contributed by atoms with E-state index in [1.165, 1.54) is 32.1 Å². The van der Waals surface area contributed by atoms with E-state index in [9.17, 15) is 0 Å². The smallest absolute Gasteiger partial charge is 0.208 e. The van der Waals surface area contributed by atoms with E-state index in [1.807, 2.05) is 12.1 Å². The number of nitrogens with one attached hydrogen (secondary N) is 1. The van der Waals surface area contributed by atoms with Crippen LogP contribution in [0.15, 0.2) is 23.5 Å². The number of pyridine rings is 1. The summed E-state index contributed by atoms with van der Waals surface area (Å²) in [4.78, 5) is 8.63. The molecule has 2 aromatic heterocycles. The van der Waals surface area contributed by atoms with Crippen LogP contribution in [-0.4, -0.2) is 20.2 Å². The average Bonchev–Trinajstić information content (AvgIpc) is 3.16. The number of rotatable bonds is 6. The molecule has 4 nitrogen and oxygen atoms in total. The molecule has 0 aliphatic heterocycles. The molecular formula is C15H19ClN4S. The van der Waals surface area contributed by atoms with Crippen molar-refractivity contribution in [3.05, 3.63) is 34.9 Å². The van der Waals surface area contributed by atoms with Crippen molar-refractivity contribution in [2.24, 2.45) is 5.92 Å². The van der Waals surface area contributed by atoms with E-state index < -0.39 is 0 Å². The molecule has 1 fully saturated rings. The first-order chi connectivity index (χ1) is 10.3. The summed E-state index contributed by atoms with van der Waals surface area (Å²) in [5, 5.41) is 8.67. The maximum Gasteiger partial charge on any atom is 0.208 e. The number of aryl methyl sites for hydroxylation is 1. The summed E-state index contributed by atoms with van der Waals surface area (Å²) in [7, 11) is 0. The third-order valence-corrected chi connectivity index (χ3v) is 5.07. The summed E-state index contributed by atoms with van der Waals surface area (Å²) in [5.41, 5.74) is 1.13. The van der Waals surface area contributed by atoms with E-state index in [1.54, 1.807) is 18.0 Å². The zero-order chi connectivity index (χ0) is 14.5. The minimum absolute atomic E-state index is 0.524. The van der Waals surface area contributed by atoms with Crippen molar-refractivity contribution in [3.63, 3.8) is 0 Å². The number of hydrogen-bond donors (Lipinski definition) is 1. The van der Waals surface area contributed by atoms with Gasteiger partial charge in [-0.05, 0) is 24.0 Å². The Morgan fingerprint density at radius 1 is 1.29 bits per heavy atom. The molecule has 0 saturated heterocycles. The standard InChI is InChI=1S/C15H19ClN4S/c16-13-7-5-12(9-17-13)10-21-15-18-14(19-20-15)8-6-11-3-1-2-4-11/h5,7,9,11H,1-4,6,8,10H2,(H,18,19,20). The molecule has 2 heterocycles. The molecule has 0 unspecified atom stereocenters. The molecule has 1 saturated carbocycles. The lowest BCUT2D eigenvalue weighted by molar-refractivity contribution is 0.497. The summed E-state index contributed by atoms with van der Waals surface area (Å²) in [6, 6.07) is 3.79. The van der Waals surface area contributed by atoms with Crippen LogP contribution in [0.4, 0.5) is 0 Å². The van der Waals surface area contributed by atoms with E-state index in [4.69, 9.17) is 11.6 Å². The highest BCUT2D eigenvalue weighted by Crippen LogP contribution is 2.28. The average molecular weight is 323 g/mol. The fraction of sp³-hybridized carbons (Fsp3) is 0.533. The largest absolute Gasteiger partial charge is 0.262 e. The van der Waals surface area contributed by atoms with Crippen molar-refractivity contribution in [3.8, 4) is 0 Å². The molecule has 3 rings (SSSR count). The molecule has 0 spiro atoms. The predicted octanol–water partition coefficient (Wildman–Crippen LogP) is 4.27. The van der Waals surface area contributed by atoms with E-state index in [-0.39, 0.29) is 0 Å². The lowest BCUT2D eigenvalue weighted by Crippen LogP contribution is -1.97. The highest BCUT2D eigenvalue weighted by molar-refractivity contribution is 7.98. The summed E-state index contributed by atoms with van der Waals surface area (Å²) >= 11 is 7.39. The van der Waals surface area contributed by atoms with Gasteiger partial charge in [0, 0.05) is 18.4 Å². The lowest BCUT2D eigenvalue weighted by atomic mass is 10.0. The molecule has 2 aromatic rings. The highest BCUT2D eigenvalue weighted by Gasteiger charge is 2.15. The van der Waals surface area contributed by atoms with Crippen LogP contribution in [-0.2, 0) is 12.2 Å². The zero-order valence-corrected chi connectivity index (χ0v) is 13.5. The Labute approximate surface area is 134 Å². The highest BCUT2D eigenvalue weighted by atomic mass is 35.5. The van der Waals surface area contributed by atoms with Crippen LogP contribution in [0.5, 0.6) is 0 Å². The van der Waals surface area contributed by atoms with Gasteiger partial charge in [-0.25, -0.2) is 9.97 Å². The summed E-state index contributed by atoms with van der Waals surface area (Å²) in [5.74, 6) is 2.72. The van der Waals surface area contributed by atoms with Gasteiger partial charge in [0.1, 0.15) is 11.0 Å². The Balaban J connectivity index is 1.46. The number of H-pyrrole nitrogens is 1. The zero-order valence-electron chi connectivity index (χ0n) is 11.9. The first kappa shape index (κ1) is 14.9. The molecule has 1 N–H and O–H groups in total. The molecule has 0 radical (unpaired) electrons. The van der Waals surface area contributed by atoms with Gasteiger partial charge in [-0.15, -0.1) is 5.10 Å². The first-order valence-corrected chi connectivity index (χ1v) is 8.80. The summed E-state index contributed by atoms with van der Waals surface area (Å²) in [6.45, 7) is 0. The number of nitrogens with zero attached hydrogens (tertiary/aromatic N) is 3. The monoisotopic (exact) mass is 322 g/mol. The van der Waals surface area contributed by atoms with E-state index in [2.05, 4.69) is 20.2 Å². The van der Waals surface area contributed by atoms with Gasteiger partial charge >= 0.3 is 0 Å². The van der Waals surface area contributed by atoms with Crippen molar-refractivity contribution >= 4 is 23.4 Å². The molecule has 112 valence electrons. The van der Waals surface area contributed by atoms with Gasteiger partial charge < -0.3 is 0 Å². The maximum absolute atomic E-state index is 5.77. The van der Waals surface area contributed by atoms with Gasteiger partial charge in [-0.1, -0.05) is 55.1 Å². The molecule has 21 heavy (non-hydrogen) atoms. The fourth-order valence-electron chi connectivity index (χ4n) is 2.73. The van der Waals surface area contributed by atoms with E-state index in [0.717, 1.165) is 34.6 Å². The van der Waals surface area contributed by atoms with E-state index in [0.29, 0.717) is 5.15 Å². The number of thioether (sulfide) groups is 1. The molecule has 0 atom stereocenters. The number of halogens is 1. The van der Waals surface area contributed by atoms with E-state index >= 15 is 0 Å². The van der Waals surface area contributed by atoms with Gasteiger partial charge in [-0.3, -0.25) is 5.10 Å². The van der Waals surface area contributed by atoms with Crippen LogP contribution in [0.3, 0.4) is 0 Å². The minimum atomic E-state index is 0.524. The quantitative estimate of drug-likeness (QED) is 0.637. The molecule has 6 heteroatoms. The maximum atomic E-state index is 5.77. The Hall–Kier alpha value is -1.07. The van der Waals surface area contributed by atoms with Crippen molar-refractivity contribution < 1.29 is 0 Å². The van der Waals surface area contributed by atoms with Crippen molar-refractivity contribution in [2.45, 2.75) is 49.4 Å². The normalized spacial score (nSPS) is 15.7. The second-order valence-electron chi connectivity index (χ2n) is 5.53. The first-order valence-electron chi connectivity index (χ1n) is 7.44. The number of hydrogen-bond acceptors (Lipinski definition) is 4. The lowest BCUT2D eigenvalue weighted by Gasteiger charge is -2.05. The van der Waals surface area contributed by atoms with Gasteiger partial charge in [0.25, 0.3) is 0 Å². The summed E-state index contributed by atoms with van der Waals surface area (Å²) < 4.78 is 0. The second-order valence-corrected chi connectivity index (χ2v) is 6.86. The minimum Gasteiger partial charge on any atom is -0.262 e. The SMILES string of the molecule is Clc1ccc(CSc2n[nH]c(CCC3CCCC3)n2)cn1. The second kappa shape index (κ2) is 7.27. The molecule has 0 amide bonds. The van der Waals surface area contributed by atoms with Crippen LogP contribution >= 0.6 is 23.4 Å². The van der Waals surface area contributed by atoms with Crippen molar-refractivity contribution in [2.75, 3.05) is 0 Å². The Kier molecular flexibility index (Phi) is 5.14. The molecule has 0 aromatic carbocycles. The van der Waals surface area contributed by atoms with Gasteiger partial charge in [0.15, 0.2) is 0 Å². The summed E-state index contributed by atoms with van der Waals surface area (Å²) in [6.07, 6.45) is 9.62. The molecule has 0 bridgehead atoms. The molecule has 1 aliphatic rings. The predicted molar refractivity (Wildman–Crippen MR) is 85.5 cm³/mol. The Morgan fingerprint density at radius 2 is 2.14 bits per heavy atom. The fourth-order valence-corrected chi connectivity index (χ4v) is 3.60. The van der Waals surface area contributed by atoms with Crippen LogP contribution < -0.4 is 0 Å². The van der Waals surface area contributed by atoms with Crippen LogP contribution in [0.2, 0.25) is 5.15 Å². The van der Waals surface area contributed by atoms with Crippen LogP contribution in [0.1, 0.15) is 43.5 Å². The van der Waals surface area contributed by atoms with Crippen LogP contribution in [0, 0.1) is 5.92 Å². The Morgan fingerprint density at radius 3 is 2.90 bits per heavy atom.